The van der Waals surface area contributed by atoms with E-state index in [1.807, 2.05) is 22.9 Å². The molecule has 1 aliphatic heterocycles. The maximum absolute atomic E-state index is 13.7. The summed E-state index contributed by atoms with van der Waals surface area (Å²) in [5.74, 6) is 0.605. The summed E-state index contributed by atoms with van der Waals surface area (Å²) in [4.78, 5) is 6.35. The lowest BCUT2D eigenvalue weighted by molar-refractivity contribution is 0.0620. The second-order valence-corrected chi connectivity index (χ2v) is 9.62. The summed E-state index contributed by atoms with van der Waals surface area (Å²) in [5, 5.41) is 14.8. The van der Waals surface area contributed by atoms with Gasteiger partial charge in [0.2, 0.25) is 0 Å². The van der Waals surface area contributed by atoms with Gasteiger partial charge >= 0.3 is 0 Å². The molecule has 2 aromatic heterocycles. The SMILES string of the molecule is Fc1ccc([C@@H](c2nnnn2Cc2cccs2)N2CCN(C3CCCCC3)CC2)cc1. The highest BCUT2D eigenvalue weighted by atomic mass is 32.1. The third-order valence-electron chi connectivity index (χ3n) is 6.68. The molecule has 1 atom stereocenters. The summed E-state index contributed by atoms with van der Waals surface area (Å²) >= 11 is 1.70. The van der Waals surface area contributed by atoms with E-state index in [2.05, 4.69) is 36.8 Å². The molecule has 0 amide bonds. The van der Waals surface area contributed by atoms with Crippen LogP contribution in [-0.2, 0) is 6.54 Å². The maximum Gasteiger partial charge on any atom is 0.173 e. The van der Waals surface area contributed by atoms with Crippen LogP contribution in [0, 0.1) is 5.82 Å². The van der Waals surface area contributed by atoms with Gasteiger partial charge in [-0.05, 0) is 52.4 Å². The van der Waals surface area contributed by atoms with E-state index in [4.69, 9.17) is 0 Å². The lowest BCUT2D eigenvalue weighted by atomic mass is 9.93. The lowest BCUT2D eigenvalue weighted by Crippen LogP contribution is -2.52. The molecule has 3 heterocycles. The standard InChI is InChI=1S/C23H29FN6S/c24-19-10-8-18(9-11-19)22(23-25-26-27-30(23)17-21-7-4-16-31-21)29-14-12-28(13-15-29)20-5-2-1-3-6-20/h4,7-11,16,20,22H,1-3,5-6,12-15,17H2/t22-/m0/s1. The summed E-state index contributed by atoms with van der Waals surface area (Å²) in [6, 6.07) is 11.6. The Bertz CT molecular complexity index is 943. The molecule has 0 bridgehead atoms. The topological polar surface area (TPSA) is 50.1 Å². The highest BCUT2D eigenvalue weighted by Crippen LogP contribution is 2.30. The number of hydrogen-bond donors (Lipinski definition) is 0. The van der Waals surface area contributed by atoms with Gasteiger partial charge in [0.25, 0.3) is 0 Å². The zero-order valence-corrected chi connectivity index (χ0v) is 18.6. The summed E-state index contributed by atoms with van der Waals surface area (Å²) < 4.78 is 15.6. The van der Waals surface area contributed by atoms with Crippen LogP contribution in [0.5, 0.6) is 0 Å². The summed E-state index contributed by atoms with van der Waals surface area (Å²) in [5.41, 5.74) is 1.04. The van der Waals surface area contributed by atoms with Gasteiger partial charge in [0, 0.05) is 37.1 Å². The second-order valence-electron chi connectivity index (χ2n) is 8.59. The molecule has 0 N–H and O–H groups in total. The number of aromatic nitrogens is 4. The van der Waals surface area contributed by atoms with E-state index >= 15 is 0 Å². The van der Waals surface area contributed by atoms with E-state index in [0.29, 0.717) is 6.54 Å². The molecule has 1 aromatic carbocycles. The molecule has 164 valence electrons. The van der Waals surface area contributed by atoms with Gasteiger partial charge in [0.15, 0.2) is 5.82 Å². The highest BCUT2D eigenvalue weighted by molar-refractivity contribution is 7.09. The van der Waals surface area contributed by atoms with Gasteiger partial charge in [-0.15, -0.1) is 16.4 Å². The molecule has 1 saturated heterocycles. The van der Waals surface area contributed by atoms with Crippen molar-refractivity contribution >= 4 is 11.3 Å². The molecule has 2 fully saturated rings. The Morgan fingerprint density at radius 2 is 1.77 bits per heavy atom. The number of halogens is 1. The van der Waals surface area contributed by atoms with Gasteiger partial charge in [0.05, 0.1) is 12.6 Å². The minimum absolute atomic E-state index is 0.0796. The number of benzene rings is 1. The first-order chi connectivity index (χ1) is 15.3. The minimum Gasteiger partial charge on any atom is -0.298 e. The Morgan fingerprint density at radius 1 is 1.00 bits per heavy atom. The molecular weight excluding hydrogens is 411 g/mol. The van der Waals surface area contributed by atoms with Crippen LogP contribution in [0.1, 0.15) is 54.4 Å². The third kappa shape index (κ3) is 4.71. The molecule has 2 aliphatic rings. The molecule has 6 nitrogen and oxygen atoms in total. The molecule has 5 rings (SSSR count). The molecule has 0 unspecified atom stereocenters. The van der Waals surface area contributed by atoms with Crippen LogP contribution in [0.3, 0.4) is 0 Å². The normalized spacial score (nSPS) is 20.2. The predicted molar refractivity (Wildman–Crippen MR) is 120 cm³/mol. The average molecular weight is 441 g/mol. The number of tetrazole rings is 1. The van der Waals surface area contributed by atoms with Crippen molar-refractivity contribution in [3.8, 4) is 0 Å². The Morgan fingerprint density at radius 3 is 2.48 bits per heavy atom. The van der Waals surface area contributed by atoms with Crippen molar-refractivity contribution in [2.75, 3.05) is 26.2 Å². The summed E-state index contributed by atoms with van der Waals surface area (Å²) in [7, 11) is 0. The second kappa shape index (κ2) is 9.54. The van der Waals surface area contributed by atoms with Crippen LogP contribution in [0.2, 0.25) is 0 Å². The van der Waals surface area contributed by atoms with Crippen molar-refractivity contribution in [1.29, 1.82) is 0 Å². The van der Waals surface area contributed by atoms with Gasteiger partial charge in [-0.1, -0.05) is 37.5 Å². The maximum atomic E-state index is 13.7. The molecule has 0 radical (unpaired) electrons. The van der Waals surface area contributed by atoms with Crippen LogP contribution < -0.4 is 0 Å². The van der Waals surface area contributed by atoms with Crippen LogP contribution >= 0.6 is 11.3 Å². The van der Waals surface area contributed by atoms with E-state index in [1.165, 1.54) is 49.1 Å². The van der Waals surface area contributed by atoms with Gasteiger partial charge < -0.3 is 0 Å². The summed E-state index contributed by atoms with van der Waals surface area (Å²) in [6.07, 6.45) is 6.78. The van der Waals surface area contributed by atoms with Gasteiger partial charge in [-0.3, -0.25) is 9.80 Å². The predicted octanol–water partition coefficient (Wildman–Crippen LogP) is 3.96. The van der Waals surface area contributed by atoms with E-state index in [1.54, 1.807) is 11.3 Å². The van der Waals surface area contributed by atoms with Crippen LogP contribution in [-0.4, -0.2) is 62.2 Å². The molecule has 0 spiro atoms. The number of rotatable bonds is 6. The first kappa shape index (κ1) is 20.7. The molecular formula is C23H29FN6S. The zero-order chi connectivity index (χ0) is 21.0. The monoisotopic (exact) mass is 440 g/mol. The van der Waals surface area contributed by atoms with Gasteiger partial charge in [0.1, 0.15) is 5.82 Å². The third-order valence-corrected chi connectivity index (χ3v) is 7.54. The van der Waals surface area contributed by atoms with E-state index in [0.717, 1.165) is 43.6 Å². The van der Waals surface area contributed by atoms with Crippen molar-refractivity contribution in [2.45, 2.75) is 50.7 Å². The average Bonchev–Trinajstić information content (AvgIpc) is 3.49. The zero-order valence-electron chi connectivity index (χ0n) is 17.7. The number of piperazine rings is 1. The summed E-state index contributed by atoms with van der Waals surface area (Å²) in [6.45, 7) is 4.71. The fraction of sp³-hybridized carbons (Fsp3) is 0.522. The van der Waals surface area contributed by atoms with Crippen LogP contribution in [0.15, 0.2) is 41.8 Å². The fourth-order valence-corrected chi connectivity index (χ4v) is 5.73. The van der Waals surface area contributed by atoms with Crippen LogP contribution in [0.4, 0.5) is 4.39 Å². The molecule has 31 heavy (non-hydrogen) atoms. The first-order valence-electron chi connectivity index (χ1n) is 11.3. The van der Waals surface area contributed by atoms with Crippen molar-refractivity contribution in [3.05, 3.63) is 63.9 Å². The highest BCUT2D eigenvalue weighted by Gasteiger charge is 2.32. The molecule has 1 aliphatic carbocycles. The molecule has 1 saturated carbocycles. The van der Waals surface area contributed by atoms with E-state index in [9.17, 15) is 4.39 Å². The van der Waals surface area contributed by atoms with Gasteiger partial charge in [-0.25, -0.2) is 9.07 Å². The largest absolute Gasteiger partial charge is 0.298 e. The van der Waals surface area contributed by atoms with E-state index in [-0.39, 0.29) is 11.9 Å². The Hall–Kier alpha value is -2.16. The van der Waals surface area contributed by atoms with Crippen molar-refractivity contribution in [2.24, 2.45) is 0 Å². The van der Waals surface area contributed by atoms with Gasteiger partial charge in [-0.2, -0.15) is 0 Å². The minimum atomic E-state index is -0.220. The van der Waals surface area contributed by atoms with Crippen molar-refractivity contribution in [1.82, 2.24) is 30.0 Å². The Kier molecular flexibility index (Phi) is 6.38. The number of hydrogen-bond acceptors (Lipinski definition) is 6. The molecule has 8 heteroatoms. The van der Waals surface area contributed by atoms with Crippen molar-refractivity contribution in [3.63, 3.8) is 0 Å². The number of nitrogens with zero attached hydrogens (tertiary/aromatic N) is 6. The van der Waals surface area contributed by atoms with Crippen molar-refractivity contribution < 1.29 is 4.39 Å². The molecule has 3 aromatic rings. The number of thiophene rings is 1. The van der Waals surface area contributed by atoms with E-state index < -0.39 is 0 Å². The fourth-order valence-electron chi connectivity index (χ4n) is 5.05. The quantitative estimate of drug-likeness (QED) is 0.581. The first-order valence-corrected chi connectivity index (χ1v) is 12.2. The smallest absolute Gasteiger partial charge is 0.173 e. The Balaban J connectivity index is 1.39. The van der Waals surface area contributed by atoms with Crippen LogP contribution in [0.25, 0.3) is 0 Å². The Labute approximate surface area is 186 Å². The lowest BCUT2D eigenvalue weighted by Gasteiger charge is -2.43.